The number of amides is 1. The molecule has 0 saturated heterocycles. The van der Waals surface area contributed by atoms with Gasteiger partial charge in [0.2, 0.25) is 0 Å². The van der Waals surface area contributed by atoms with Crippen molar-refractivity contribution in [3.63, 3.8) is 0 Å². The molecule has 0 radical (unpaired) electrons. The fraction of sp³-hybridized carbons (Fsp3) is 0.500. The number of rotatable bonds is 6. The standard InChI is InChI=1S/C10H14N2O5/c1-3-7(10(14)15)11-9(13)8-4-6(5-16-2)17-12-8/h4,7H,3,5H2,1-2H3,(H,11,13)(H,14,15)/t7-/m0/s1. The van der Waals surface area contributed by atoms with Gasteiger partial charge in [-0.1, -0.05) is 12.1 Å². The number of nitrogens with zero attached hydrogens (tertiary/aromatic N) is 1. The first kappa shape index (κ1) is 13.2. The summed E-state index contributed by atoms with van der Waals surface area (Å²) in [5.74, 6) is -1.26. The maximum absolute atomic E-state index is 11.6. The van der Waals surface area contributed by atoms with E-state index >= 15 is 0 Å². The number of aromatic nitrogens is 1. The van der Waals surface area contributed by atoms with Gasteiger partial charge in [0.25, 0.3) is 5.91 Å². The zero-order valence-corrected chi connectivity index (χ0v) is 9.60. The van der Waals surface area contributed by atoms with Crippen molar-refractivity contribution in [2.45, 2.75) is 26.0 Å². The maximum atomic E-state index is 11.6. The SMILES string of the molecule is CC[C@H](NC(=O)c1cc(COC)on1)C(=O)O. The number of carboxylic acids is 1. The van der Waals surface area contributed by atoms with Crippen molar-refractivity contribution in [3.8, 4) is 0 Å². The van der Waals surface area contributed by atoms with Crippen molar-refractivity contribution < 1.29 is 24.0 Å². The molecule has 1 heterocycles. The first-order valence-electron chi connectivity index (χ1n) is 5.06. The molecule has 0 saturated carbocycles. The van der Waals surface area contributed by atoms with Crippen LogP contribution in [0.25, 0.3) is 0 Å². The molecule has 17 heavy (non-hydrogen) atoms. The van der Waals surface area contributed by atoms with Crippen LogP contribution in [0.2, 0.25) is 0 Å². The van der Waals surface area contributed by atoms with Gasteiger partial charge >= 0.3 is 5.97 Å². The third-order valence-electron chi connectivity index (χ3n) is 2.09. The molecule has 1 amide bonds. The van der Waals surface area contributed by atoms with Crippen LogP contribution in [0.5, 0.6) is 0 Å². The monoisotopic (exact) mass is 242 g/mol. The van der Waals surface area contributed by atoms with Crippen LogP contribution in [0.1, 0.15) is 29.6 Å². The summed E-state index contributed by atoms with van der Waals surface area (Å²) in [5, 5.41) is 14.6. The summed E-state index contributed by atoms with van der Waals surface area (Å²) in [5.41, 5.74) is 0.0387. The van der Waals surface area contributed by atoms with Crippen LogP contribution in [-0.4, -0.2) is 35.3 Å². The maximum Gasteiger partial charge on any atom is 0.326 e. The van der Waals surface area contributed by atoms with Crippen LogP contribution in [-0.2, 0) is 16.1 Å². The van der Waals surface area contributed by atoms with Gasteiger partial charge in [0.05, 0.1) is 0 Å². The summed E-state index contributed by atoms with van der Waals surface area (Å²) >= 11 is 0. The number of hydrogen-bond donors (Lipinski definition) is 2. The molecule has 0 fully saturated rings. The van der Waals surface area contributed by atoms with Gasteiger partial charge in [-0.25, -0.2) is 4.79 Å². The molecule has 0 aromatic carbocycles. The number of nitrogens with one attached hydrogen (secondary N) is 1. The van der Waals surface area contributed by atoms with Gasteiger partial charge in [-0.3, -0.25) is 4.79 Å². The zero-order chi connectivity index (χ0) is 12.8. The van der Waals surface area contributed by atoms with Gasteiger partial charge in [-0.15, -0.1) is 0 Å². The van der Waals surface area contributed by atoms with Crippen molar-refractivity contribution in [1.82, 2.24) is 10.5 Å². The van der Waals surface area contributed by atoms with Crippen LogP contribution in [0.4, 0.5) is 0 Å². The van der Waals surface area contributed by atoms with Crippen LogP contribution in [0.3, 0.4) is 0 Å². The van der Waals surface area contributed by atoms with Crippen LogP contribution >= 0.6 is 0 Å². The van der Waals surface area contributed by atoms with E-state index in [9.17, 15) is 9.59 Å². The van der Waals surface area contributed by atoms with E-state index in [1.807, 2.05) is 0 Å². The summed E-state index contributed by atoms with van der Waals surface area (Å²) in [6, 6.07) is 0.484. The molecule has 7 nitrogen and oxygen atoms in total. The molecule has 0 aliphatic rings. The summed E-state index contributed by atoms with van der Waals surface area (Å²) in [6.07, 6.45) is 0.295. The highest BCUT2D eigenvalue weighted by Gasteiger charge is 2.20. The van der Waals surface area contributed by atoms with E-state index in [1.165, 1.54) is 13.2 Å². The largest absolute Gasteiger partial charge is 0.480 e. The van der Waals surface area contributed by atoms with Crippen LogP contribution in [0.15, 0.2) is 10.6 Å². The summed E-state index contributed by atoms with van der Waals surface area (Å²) in [6.45, 7) is 1.87. The van der Waals surface area contributed by atoms with E-state index in [-0.39, 0.29) is 12.3 Å². The molecule has 0 spiro atoms. The van der Waals surface area contributed by atoms with Crippen molar-refractivity contribution in [2.75, 3.05) is 7.11 Å². The van der Waals surface area contributed by atoms with E-state index in [2.05, 4.69) is 10.5 Å². The highest BCUT2D eigenvalue weighted by molar-refractivity contribution is 5.94. The van der Waals surface area contributed by atoms with Gasteiger partial charge in [0.1, 0.15) is 12.6 Å². The Balaban J connectivity index is 2.65. The third kappa shape index (κ3) is 3.56. The molecular weight excluding hydrogens is 228 g/mol. The van der Waals surface area contributed by atoms with Crippen molar-refractivity contribution in [2.24, 2.45) is 0 Å². The van der Waals surface area contributed by atoms with Crippen molar-refractivity contribution in [1.29, 1.82) is 0 Å². The lowest BCUT2D eigenvalue weighted by Gasteiger charge is -2.10. The lowest BCUT2D eigenvalue weighted by Crippen LogP contribution is -2.40. The Morgan fingerprint density at radius 2 is 2.35 bits per heavy atom. The zero-order valence-electron chi connectivity index (χ0n) is 9.60. The normalized spacial score (nSPS) is 12.1. The number of hydrogen-bond acceptors (Lipinski definition) is 5. The number of methoxy groups -OCH3 is 1. The Kier molecular flexibility index (Phi) is 4.65. The molecule has 1 aromatic rings. The average molecular weight is 242 g/mol. The van der Waals surface area contributed by atoms with E-state index < -0.39 is 17.9 Å². The molecule has 1 aromatic heterocycles. The number of ether oxygens (including phenoxy) is 1. The molecule has 0 unspecified atom stereocenters. The average Bonchev–Trinajstić information content (AvgIpc) is 2.74. The van der Waals surface area contributed by atoms with Gasteiger partial charge in [-0.05, 0) is 6.42 Å². The molecular formula is C10H14N2O5. The molecule has 1 rings (SSSR count). The molecule has 0 bridgehead atoms. The minimum Gasteiger partial charge on any atom is -0.480 e. The van der Waals surface area contributed by atoms with E-state index in [1.54, 1.807) is 6.92 Å². The molecule has 0 aliphatic carbocycles. The van der Waals surface area contributed by atoms with E-state index in [0.717, 1.165) is 0 Å². The Morgan fingerprint density at radius 3 is 2.88 bits per heavy atom. The first-order valence-corrected chi connectivity index (χ1v) is 5.06. The molecule has 94 valence electrons. The van der Waals surface area contributed by atoms with Crippen molar-refractivity contribution >= 4 is 11.9 Å². The number of carboxylic acid groups (broad SMARTS) is 1. The lowest BCUT2D eigenvalue weighted by molar-refractivity contribution is -0.139. The van der Waals surface area contributed by atoms with Gasteiger partial charge in [0, 0.05) is 13.2 Å². The van der Waals surface area contributed by atoms with E-state index in [0.29, 0.717) is 12.2 Å². The topological polar surface area (TPSA) is 102 Å². The second-order valence-corrected chi connectivity index (χ2v) is 3.38. The Morgan fingerprint density at radius 1 is 1.65 bits per heavy atom. The summed E-state index contributed by atoms with van der Waals surface area (Å²) in [4.78, 5) is 22.3. The molecule has 1 atom stereocenters. The molecule has 7 heteroatoms. The smallest absolute Gasteiger partial charge is 0.326 e. The minimum absolute atomic E-state index is 0.0387. The third-order valence-corrected chi connectivity index (χ3v) is 2.09. The highest BCUT2D eigenvalue weighted by Crippen LogP contribution is 2.05. The van der Waals surface area contributed by atoms with Gasteiger partial charge < -0.3 is 19.7 Å². The first-order chi connectivity index (χ1) is 8.08. The minimum atomic E-state index is -1.08. The summed E-state index contributed by atoms with van der Waals surface area (Å²) in [7, 11) is 1.49. The highest BCUT2D eigenvalue weighted by atomic mass is 16.5. The molecule has 0 aliphatic heterocycles. The lowest BCUT2D eigenvalue weighted by atomic mass is 10.2. The number of aliphatic carboxylic acids is 1. The molecule has 2 N–H and O–H groups in total. The van der Waals surface area contributed by atoms with E-state index in [4.69, 9.17) is 14.4 Å². The Labute approximate surface area is 97.7 Å². The fourth-order valence-corrected chi connectivity index (χ4v) is 1.20. The van der Waals surface area contributed by atoms with Gasteiger partial charge in [-0.2, -0.15) is 0 Å². The second kappa shape index (κ2) is 6.00. The van der Waals surface area contributed by atoms with Crippen molar-refractivity contribution in [3.05, 3.63) is 17.5 Å². The van der Waals surface area contributed by atoms with Gasteiger partial charge in [0.15, 0.2) is 11.5 Å². The summed E-state index contributed by atoms with van der Waals surface area (Å²) < 4.78 is 9.62. The predicted molar refractivity (Wildman–Crippen MR) is 56.4 cm³/mol. The van der Waals surface area contributed by atoms with Crippen LogP contribution in [0, 0.1) is 0 Å². The number of carbonyl (C=O) groups excluding carboxylic acids is 1. The number of carbonyl (C=O) groups is 2. The Hall–Kier alpha value is -1.89. The fourth-order valence-electron chi connectivity index (χ4n) is 1.20. The quantitative estimate of drug-likeness (QED) is 0.749. The second-order valence-electron chi connectivity index (χ2n) is 3.38. The van der Waals surface area contributed by atoms with Crippen LogP contribution < -0.4 is 5.32 Å². The Bertz CT molecular complexity index is 401. The predicted octanol–water partition coefficient (Wildman–Crippen LogP) is 0.414.